The minimum absolute atomic E-state index is 0.0940. The lowest BCUT2D eigenvalue weighted by Gasteiger charge is -2.18. The summed E-state index contributed by atoms with van der Waals surface area (Å²) in [4.78, 5) is 37.8. The summed E-state index contributed by atoms with van der Waals surface area (Å²) in [5.74, 6) is -0.947. The maximum absolute atomic E-state index is 12.8. The Morgan fingerprint density at radius 1 is 0.280 bits per heavy atom. The van der Waals surface area contributed by atoms with Crippen molar-refractivity contribution in [2.75, 3.05) is 13.2 Å². The molecule has 1 unspecified atom stereocenters. The average Bonchev–Trinajstić information content (AvgIpc) is 3.41. The highest BCUT2D eigenvalue weighted by molar-refractivity contribution is 5.71. The van der Waals surface area contributed by atoms with Gasteiger partial charge in [-0.1, -0.05) is 250 Å². The maximum atomic E-state index is 12.8. The summed E-state index contributed by atoms with van der Waals surface area (Å²) in [6.07, 6.45) is 88.9. The first kappa shape index (κ1) is 70.3. The van der Waals surface area contributed by atoms with Gasteiger partial charge in [-0.25, -0.2) is 0 Å². The summed E-state index contributed by atoms with van der Waals surface area (Å²) in [6.45, 7) is 6.38. The van der Waals surface area contributed by atoms with Crippen molar-refractivity contribution < 1.29 is 28.6 Å². The highest BCUT2D eigenvalue weighted by Crippen LogP contribution is 2.13. The van der Waals surface area contributed by atoms with E-state index in [2.05, 4.69) is 167 Å². The molecule has 0 saturated heterocycles. The van der Waals surface area contributed by atoms with Crippen LogP contribution >= 0.6 is 0 Å². The van der Waals surface area contributed by atoms with Crippen LogP contribution in [0.2, 0.25) is 0 Å². The molecule has 0 aromatic heterocycles. The van der Waals surface area contributed by atoms with Crippen molar-refractivity contribution in [3.8, 4) is 0 Å². The zero-order chi connectivity index (χ0) is 54.3. The molecule has 0 radical (unpaired) electrons. The summed E-state index contributed by atoms with van der Waals surface area (Å²) < 4.78 is 16.7. The summed E-state index contributed by atoms with van der Waals surface area (Å²) in [6, 6.07) is 0. The van der Waals surface area contributed by atoms with Crippen molar-refractivity contribution in [1.29, 1.82) is 0 Å². The third-order valence-electron chi connectivity index (χ3n) is 12.3. The van der Waals surface area contributed by atoms with E-state index >= 15 is 0 Å². The first-order valence-electron chi connectivity index (χ1n) is 30.3. The van der Waals surface area contributed by atoms with E-state index in [1.165, 1.54) is 51.4 Å². The van der Waals surface area contributed by atoms with Crippen molar-refractivity contribution >= 4 is 17.9 Å². The Morgan fingerprint density at radius 2 is 0.520 bits per heavy atom. The highest BCUT2D eigenvalue weighted by atomic mass is 16.6. The molecular formula is C69H110O6. The number of carbonyl (C=O) groups excluding carboxylic acids is 3. The fourth-order valence-electron chi connectivity index (χ4n) is 7.79. The number of hydrogen-bond acceptors (Lipinski definition) is 6. The molecule has 6 heteroatoms. The Labute approximate surface area is 461 Å². The quantitative estimate of drug-likeness (QED) is 0.0261. The lowest BCUT2D eigenvalue weighted by Crippen LogP contribution is -2.30. The van der Waals surface area contributed by atoms with Gasteiger partial charge in [0.1, 0.15) is 13.2 Å². The molecule has 0 rings (SSSR count). The Morgan fingerprint density at radius 3 is 0.840 bits per heavy atom. The fraction of sp³-hybridized carbons (Fsp3) is 0.609. The number of rotatable bonds is 53. The van der Waals surface area contributed by atoms with Crippen LogP contribution in [0.1, 0.15) is 252 Å². The van der Waals surface area contributed by atoms with E-state index in [-0.39, 0.29) is 31.1 Å². The van der Waals surface area contributed by atoms with Crippen LogP contribution in [-0.2, 0) is 28.6 Å². The predicted octanol–water partition coefficient (Wildman–Crippen LogP) is 20.8. The van der Waals surface area contributed by atoms with E-state index in [0.717, 1.165) is 161 Å². The SMILES string of the molecule is CC/C=C\C/C=C\C/C=C\C/C=C\C/C=C\C/C=C\C/C=C\C/C=C\C/C=C\C/C=C\CCCCCCC(=O)OCC(COC(=O)CCCCCCC)OC(=O)CCCCCCCCC/C=C\C/C=C\CCCCC. The van der Waals surface area contributed by atoms with E-state index in [9.17, 15) is 14.4 Å². The van der Waals surface area contributed by atoms with E-state index in [1.54, 1.807) is 0 Å². The number of esters is 3. The van der Waals surface area contributed by atoms with Crippen LogP contribution in [0.25, 0.3) is 0 Å². The molecule has 0 heterocycles. The first-order valence-corrected chi connectivity index (χ1v) is 30.3. The monoisotopic (exact) mass is 1030 g/mol. The molecule has 422 valence electrons. The van der Waals surface area contributed by atoms with Gasteiger partial charge in [0.2, 0.25) is 0 Å². The zero-order valence-corrected chi connectivity index (χ0v) is 48.3. The second kappa shape index (κ2) is 61.8. The van der Waals surface area contributed by atoms with Crippen LogP contribution in [0, 0.1) is 0 Å². The summed E-state index contributed by atoms with van der Waals surface area (Å²) >= 11 is 0. The third kappa shape index (κ3) is 60.0. The molecule has 0 saturated carbocycles. The minimum Gasteiger partial charge on any atom is -0.462 e. The molecule has 0 spiro atoms. The third-order valence-corrected chi connectivity index (χ3v) is 12.3. The van der Waals surface area contributed by atoms with Crippen molar-refractivity contribution in [3.63, 3.8) is 0 Å². The van der Waals surface area contributed by atoms with Crippen LogP contribution < -0.4 is 0 Å². The summed E-state index contributed by atoms with van der Waals surface area (Å²) in [5, 5.41) is 0. The lowest BCUT2D eigenvalue weighted by atomic mass is 10.1. The second-order valence-electron chi connectivity index (χ2n) is 19.5. The standard InChI is InChI=1S/C69H110O6/c1-4-7-10-13-15-17-19-21-23-25-26-27-28-29-30-31-32-33-34-35-36-37-38-39-40-41-42-44-45-47-49-51-53-56-59-62-68(71)74-65-66(64-73-67(70)61-58-55-12-9-6-3)75-69(72)63-60-57-54-52-50-48-46-43-24-22-20-18-16-14-11-8-5-2/h7,10,15-18,21-24,26-27,29-30,32-33,35-36,38-39,41-42,45,47,66H,4-6,8-9,11-14,19-20,25,28,31,34,37,40,43-44,46,48-65H2,1-3H3/b10-7-,17-15-,18-16-,23-21-,24-22-,27-26-,30-29-,33-32-,36-35-,39-38-,42-41-,47-45-. The average molecular weight is 1040 g/mol. The van der Waals surface area contributed by atoms with Gasteiger partial charge in [0.05, 0.1) is 0 Å². The Kier molecular flexibility index (Phi) is 58.0. The molecule has 1 atom stereocenters. The molecule has 6 nitrogen and oxygen atoms in total. The minimum atomic E-state index is -0.794. The van der Waals surface area contributed by atoms with Gasteiger partial charge in [0.25, 0.3) is 0 Å². The highest BCUT2D eigenvalue weighted by Gasteiger charge is 2.19. The molecule has 0 aliphatic carbocycles. The molecule has 75 heavy (non-hydrogen) atoms. The largest absolute Gasteiger partial charge is 0.462 e. The van der Waals surface area contributed by atoms with E-state index < -0.39 is 6.10 Å². The molecule has 0 aliphatic rings. The van der Waals surface area contributed by atoms with Crippen molar-refractivity contribution in [2.45, 2.75) is 258 Å². The van der Waals surface area contributed by atoms with E-state index in [4.69, 9.17) is 14.2 Å². The molecule has 0 aliphatic heterocycles. The van der Waals surface area contributed by atoms with Gasteiger partial charge < -0.3 is 14.2 Å². The van der Waals surface area contributed by atoms with Gasteiger partial charge in [-0.15, -0.1) is 0 Å². The van der Waals surface area contributed by atoms with Crippen molar-refractivity contribution in [1.82, 2.24) is 0 Å². The molecule has 0 fully saturated rings. The zero-order valence-electron chi connectivity index (χ0n) is 48.3. The topological polar surface area (TPSA) is 78.9 Å². The van der Waals surface area contributed by atoms with Crippen molar-refractivity contribution in [2.24, 2.45) is 0 Å². The Hall–Kier alpha value is -4.71. The van der Waals surface area contributed by atoms with Gasteiger partial charge in [-0.05, 0) is 128 Å². The van der Waals surface area contributed by atoms with Crippen LogP contribution in [0.3, 0.4) is 0 Å². The van der Waals surface area contributed by atoms with E-state index in [1.807, 2.05) is 0 Å². The van der Waals surface area contributed by atoms with Gasteiger partial charge in [-0.3, -0.25) is 14.4 Å². The number of unbranched alkanes of at least 4 members (excludes halogenated alkanes) is 18. The number of ether oxygens (including phenoxy) is 3. The van der Waals surface area contributed by atoms with Crippen LogP contribution in [0.5, 0.6) is 0 Å². The number of allylic oxidation sites excluding steroid dienone is 24. The molecule has 0 N–H and O–H groups in total. The van der Waals surface area contributed by atoms with Crippen molar-refractivity contribution in [3.05, 3.63) is 146 Å². The van der Waals surface area contributed by atoms with Gasteiger partial charge in [-0.2, -0.15) is 0 Å². The van der Waals surface area contributed by atoms with Crippen LogP contribution in [0.15, 0.2) is 146 Å². The van der Waals surface area contributed by atoms with Gasteiger partial charge >= 0.3 is 17.9 Å². The fourth-order valence-corrected chi connectivity index (χ4v) is 7.79. The molecule has 0 amide bonds. The smallest absolute Gasteiger partial charge is 0.306 e. The number of carbonyl (C=O) groups is 3. The molecule has 0 aromatic rings. The van der Waals surface area contributed by atoms with Crippen LogP contribution in [0.4, 0.5) is 0 Å². The maximum Gasteiger partial charge on any atom is 0.306 e. The normalized spacial score (nSPS) is 13.2. The van der Waals surface area contributed by atoms with E-state index in [0.29, 0.717) is 19.3 Å². The molecule has 0 bridgehead atoms. The van der Waals surface area contributed by atoms with Crippen LogP contribution in [-0.4, -0.2) is 37.2 Å². The second-order valence-corrected chi connectivity index (χ2v) is 19.5. The summed E-state index contributed by atoms with van der Waals surface area (Å²) in [7, 11) is 0. The molecular weight excluding hydrogens is 925 g/mol. The summed E-state index contributed by atoms with van der Waals surface area (Å²) in [5.41, 5.74) is 0. The lowest BCUT2D eigenvalue weighted by molar-refractivity contribution is -0.167. The first-order chi connectivity index (χ1) is 37.0. The predicted molar refractivity (Wildman–Crippen MR) is 325 cm³/mol. The Bertz CT molecular complexity index is 1660. The van der Waals surface area contributed by atoms with Gasteiger partial charge in [0, 0.05) is 19.3 Å². The number of hydrogen-bond donors (Lipinski definition) is 0. The molecule has 0 aromatic carbocycles. The Balaban J connectivity index is 4.15. The van der Waals surface area contributed by atoms with Gasteiger partial charge in [0.15, 0.2) is 6.10 Å².